The number of benzene rings is 1. The van der Waals surface area contributed by atoms with Crippen molar-refractivity contribution in [3.05, 3.63) is 35.4 Å². The van der Waals surface area contributed by atoms with Crippen LogP contribution in [0.25, 0.3) is 0 Å². The molecule has 1 rings (SSSR count). The molecule has 0 radical (unpaired) electrons. The minimum atomic E-state index is -0.537. The van der Waals surface area contributed by atoms with Crippen molar-refractivity contribution in [3.63, 3.8) is 0 Å². The van der Waals surface area contributed by atoms with Crippen LogP contribution < -0.4 is 5.32 Å². The molecule has 0 aromatic heterocycles. The minimum absolute atomic E-state index is 0.0126. The zero-order valence-corrected chi connectivity index (χ0v) is 12.8. The van der Waals surface area contributed by atoms with Gasteiger partial charge in [0.1, 0.15) is 11.6 Å². The topological polar surface area (TPSA) is 21.3 Å². The highest BCUT2D eigenvalue weighted by molar-refractivity contribution is 5.20. The van der Waals surface area contributed by atoms with E-state index >= 15 is 0 Å². The number of hydrogen-bond acceptors (Lipinski definition) is 2. The van der Waals surface area contributed by atoms with Crippen molar-refractivity contribution in [1.29, 1.82) is 0 Å². The molecule has 0 saturated heterocycles. The van der Waals surface area contributed by atoms with Gasteiger partial charge in [0.2, 0.25) is 0 Å². The molecule has 0 heterocycles. The molecule has 0 saturated carbocycles. The molecule has 0 amide bonds. The summed E-state index contributed by atoms with van der Waals surface area (Å²) in [6, 6.07) is 3.68. The van der Waals surface area contributed by atoms with Crippen LogP contribution in [0, 0.1) is 11.6 Å². The van der Waals surface area contributed by atoms with Gasteiger partial charge in [0.15, 0.2) is 0 Å². The Bertz CT molecular complexity index is 399. The highest BCUT2D eigenvalue weighted by Crippen LogP contribution is 2.27. The Morgan fingerprint density at radius 2 is 1.65 bits per heavy atom. The molecule has 114 valence electrons. The summed E-state index contributed by atoms with van der Waals surface area (Å²) >= 11 is 0. The molecule has 0 aliphatic rings. The lowest BCUT2D eigenvalue weighted by Crippen LogP contribution is -2.52. The smallest absolute Gasteiger partial charge is 0.126 e. The third-order valence-electron chi connectivity index (χ3n) is 3.97. The van der Waals surface area contributed by atoms with Crippen molar-refractivity contribution in [1.82, 2.24) is 5.32 Å². The molecule has 1 aromatic rings. The highest BCUT2D eigenvalue weighted by atomic mass is 19.1. The fourth-order valence-corrected chi connectivity index (χ4v) is 2.85. The number of halogens is 2. The second-order valence-corrected chi connectivity index (χ2v) is 5.03. The highest BCUT2D eigenvalue weighted by Gasteiger charge is 2.35. The van der Waals surface area contributed by atoms with Crippen LogP contribution >= 0.6 is 0 Å². The van der Waals surface area contributed by atoms with E-state index in [-0.39, 0.29) is 11.6 Å². The van der Waals surface area contributed by atoms with Gasteiger partial charge in [0.25, 0.3) is 0 Å². The van der Waals surface area contributed by atoms with Crippen LogP contribution in [0.15, 0.2) is 18.2 Å². The van der Waals surface area contributed by atoms with Crippen molar-refractivity contribution in [2.24, 2.45) is 0 Å². The van der Waals surface area contributed by atoms with Gasteiger partial charge in [-0.1, -0.05) is 13.8 Å². The SMILES string of the molecule is CCOC(CC)(CC)C(Cc1cc(F)cc(F)c1)NC. The van der Waals surface area contributed by atoms with Gasteiger partial charge in [-0.15, -0.1) is 0 Å². The summed E-state index contributed by atoms with van der Waals surface area (Å²) in [7, 11) is 1.86. The first-order valence-electron chi connectivity index (χ1n) is 7.27. The lowest BCUT2D eigenvalue weighted by Gasteiger charge is -2.39. The summed E-state index contributed by atoms with van der Waals surface area (Å²) in [4.78, 5) is 0. The third-order valence-corrected chi connectivity index (χ3v) is 3.97. The second kappa shape index (κ2) is 7.70. The Kier molecular flexibility index (Phi) is 6.56. The maximum atomic E-state index is 13.3. The molecule has 2 nitrogen and oxygen atoms in total. The normalized spacial score (nSPS) is 13.5. The Hall–Kier alpha value is -1.00. The predicted octanol–water partition coefficient (Wildman–Crippen LogP) is 3.69. The molecule has 0 bridgehead atoms. The van der Waals surface area contributed by atoms with E-state index in [9.17, 15) is 8.78 Å². The summed E-state index contributed by atoms with van der Waals surface area (Å²) < 4.78 is 32.6. The standard InChI is InChI=1S/C16H25F2NO/c1-5-16(6-2,20-7-3)15(19-4)10-12-8-13(17)11-14(18)9-12/h8-9,11,15,19H,5-7,10H2,1-4H3. The van der Waals surface area contributed by atoms with E-state index in [1.54, 1.807) is 0 Å². The van der Waals surface area contributed by atoms with Gasteiger partial charge in [0, 0.05) is 18.7 Å². The van der Waals surface area contributed by atoms with Crippen LogP contribution in [0.4, 0.5) is 8.78 Å². The fraction of sp³-hybridized carbons (Fsp3) is 0.625. The maximum Gasteiger partial charge on any atom is 0.126 e. The molecule has 0 aliphatic carbocycles. The second-order valence-electron chi connectivity index (χ2n) is 5.03. The molecule has 0 fully saturated rings. The van der Waals surface area contributed by atoms with E-state index in [4.69, 9.17) is 4.74 Å². The summed E-state index contributed by atoms with van der Waals surface area (Å²) in [6.45, 7) is 6.75. The summed E-state index contributed by atoms with van der Waals surface area (Å²) in [5.74, 6) is -1.07. The number of nitrogens with one attached hydrogen (secondary N) is 1. The Balaban J connectivity index is 2.99. The Morgan fingerprint density at radius 1 is 1.10 bits per heavy atom. The van der Waals surface area contributed by atoms with Gasteiger partial charge < -0.3 is 10.1 Å². The molecule has 0 aliphatic heterocycles. The van der Waals surface area contributed by atoms with Gasteiger partial charge in [-0.3, -0.25) is 0 Å². The first-order chi connectivity index (χ1) is 9.51. The van der Waals surface area contributed by atoms with Crippen LogP contribution in [-0.2, 0) is 11.2 Å². The van der Waals surface area contributed by atoms with Gasteiger partial charge in [0.05, 0.1) is 5.60 Å². The average molecular weight is 285 g/mol. The number of likely N-dealkylation sites (N-methyl/N-ethyl adjacent to an activating group) is 1. The van der Waals surface area contributed by atoms with E-state index in [1.807, 2.05) is 14.0 Å². The lowest BCUT2D eigenvalue weighted by molar-refractivity contribution is -0.0703. The van der Waals surface area contributed by atoms with E-state index in [1.165, 1.54) is 12.1 Å². The molecular formula is C16H25F2NO. The maximum absolute atomic E-state index is 13.3. The van der Waals surface area contributed by atoms with Crippen LogP contribution in [0.3, 0.4) is 0 Å². The lowest BCUT2D eigenvalue weighted by atomic mass is 9.84. The minimum Gasteiger partial charge on any atom is -0.374 e. The molecular weight excluding hydrogens is 260 g/mol. The molecule has 1 atom stereocenters. The Morgan fingerprint density at radius 3 is 2.05 bits per heavy atom. The average Bonchev–Trinajstić information content (AvgIpc) is 2.41. The Labute approximate surface area is 120 Å². The summed E-state index contributed by atoms with van der Waals surface area (Å²) in [5.41, 5.74) is 0.333. The van der Waals surface area contributed by atoms with E-state index in [0.717, 1.165) is 18.9 Å². The van der Waals surface area contributed by atoms with E-state index in [0.29, 0.717) is 18.6 Å². The zero-order chi connectivity index (χ0) is 15.2. The fourth-order valence-electron chi connectivity index (χ4n) is 2.85. The van der Waals surface area contributed by atoms with Gasteiger partial charge >= 0.3 is 0 Å². The van der Waals surface area contributed by atoms with Gasteiger partial charge in [-0.25, -0.2) is 8.78 Å². The largest absolute Gasteiger partial charge is 0.374 e. The zero-order valence-electron chi connectivity index (χ0n) is 12.8. The van der Waals surface area contributed by atoms with Crippen LogP contribution in [-0.4, -0.2) is 25.3 Å². The molecule has 20 heavy (non-hydrogen) atoms. The first-order valence-corrected chi connectivity index (χ1v) is 7.27. The van der Waals surface area contributed by atoms with Crippen molar-refractivity contribution < 1.29 is 13.5 Å². The molecule has 0 spiro atoms. The number of hydrogen-bond donors (Lipinski definition) is 1. The van der Waals surface area contributed by atoms with Crippen LogP contribution in [0.2, 0.25) is 0 Å². The van der Waals surface area contributed by atoms with Crippen molar-refractivity contribution in [2.75, 3.05) is 13.7 Å². The molecule has 4 heteroatoms. The quantitative estimate of drug-likeness (QED) is 0.786. The molecule has 1 aromatic carbocycles. The van der Waals surface area contributed by atoms with E-state index in [2.05, 4.69) is 19.2 Å². The van der Waals surface area contributed by atoms with Crippen LogP contribution in [0.5, 0.6) is 0 Å². The van der Waals surface area contributed by atoms with E-state index < -0.39 is 11.6 Å². The predicted molar refractivity (Wildman–Crippen MR) is 77.8 cm³/mol. The first kappa shape index (κ1) is 17.1. The summed E-state index contributed by atoms with van der Waals surface area (Å²) in [5, 5.41) is 3.25. The van der Waals surface area contributed by atoms with Crippen LogP contribution in [0.1, 0.15) is 39.2 Å². The number of rotatable bonds is 8. The van der Waals surface area contributed by atoms with Gasteiger partial charge in [-0.2, -0.15) is 0 Å². The van der Waals surface area contributed by atoms with Crippen molar-refractivity contribution in [2.45, 2.75) is 51.7 Å². The summed E-state index contributed by atoms with van der Waals surface area (Å²) in [6.07, 6.45) is 2.23. The van der Waals surface area contributed by atoms with Gasteiger partial charge in [-0.05, 0) is 50.9 Å². The molecule has 1 N–H and O–H groups in total. The third kappa shape index (κ3) is 4.00. The van der Waals surface area contributed by atoms with Crippen molar-refractivity contribution in [3.8, 4) is 0 Å². The monoisotopic (exact) mass is 285 g/mol. The number of ether oxygens (including phenoxy) is 1. The van der Waals surface area contributed by atoms with Crippen molar-refractivity contribution >= 4 is 0 Å². The molecule has 1 unspecified atom stereocenters.